The first-order chi connectivity index (χ1) is 11.6. The van der Waals surface area contributed by atoms with E-state index in [0.29, 0.717) is 11.5 Å². The van der Waals surface area contributed by atoms with Gasteiger partial charge < -0.3 is 9.11 Å². The zero-order chi connectivity index (χ0) is 17.2. The molecule has 130 valence electrons. The van der Waals surface area contributed by atoms with Gasteiger partial charge in [-0.05, 0) is 22.4 Å². The Labute approximate surface area is 148 Å². The Balaban J connectivity index is 1.62. The molecule has 0 aliphatic rings. The molecule has 24 heavy (non-hydrogen) atoms. The molecule has 0 saturated heterocycles. The van der Waals surface area contributed by atoms with E-state index in [-0.39, 0.29) is 11.9 Å². The number of hydrogen-bond donors (Lipinski definition) is 0. The molecule has 0 heterocycles. The van der Waals surface area contributed by atoms with E-state index in [9.17, 15) is 13.7 Å². The van der Waals surface area contributed by atoms with E-state index in [1.165, 1.54) is 0 Å². The molecular weight excluding hydrogens is 367 g/mol. The molecule has 0 spiro atoms. The van der Waals surface area contributed by atoms with E-state index >= 15 is 0 Å². The number of hydrogen-bond acceptors (Lipinski definition) is 5. The summed E-state index contributed by atoms with van der Waals surface area (Å²) in [6.45, 7) is 0. The van der Waals surface area contributed by atoms with Crippen LogP contribution >= 0.6 is 8.25 Å². The summed E-state index contributed by atoms with van der Waals surface area (Å²) in [7, 11) is -2.80. The van der Waals surface area contributed by atoms with Crippen molar-refractivity contribution in [2.24, 2.45) is 0 Å². The molecule has 0 amide bonds. The van der Waals surface area contributed by atoms with E-state index in [4.69, 9.17) is 9.05 Å². The van der Waals surface area contributed by atoms with Crippen molar-refractivity contribution in [3.63, 3.8) is 0 Å². The summed E-state index contributed by atoms with van der Waals surface area (Å²) < 4.78 is 45.2. The van der Waals surface area contributed by atoms with Crippen LogP contribution in [0.15, 0.2) is 60.7 Å². The zero-order valence-electron chi connectivity index (χ0n) is 13.0. The predicted octanol–water partition coefficient (Wildman–Crippen LogP) is 3.22. The fourth-order valence-electron chi connectivity index (χ4n) is 1.87. The van der Waals surface area contributed by atoms with Crippen molar-refractivity contribution in [1.82, 2.24) is 0 Å². The zero-order valence-corrected chi connectivity index (χ0v) is 15.6. The Bertz CT molecular complexity index is 561. The van der Waals surface area contributed by atoms with E-state index in [1.807, 2.05) is 60.7 Å². The summed E-state index contributed by atoms with van der Waals surface area (Å²) in [5.41, 5.74) is 1.84. The summed E-state index contributed by atoms with van der Waals surface area (Å²) in [5.74, 6) is 0.321. The lowest BCUT2D eigenvalue weighted by molar-refractivity contribution is 0.275. The molecule has 2 atom stereocenters. The van der Waals surface area contributed by atoms with Gasteiger partial charge in [0.1, 0.15) is 11.5 Å². The molecule has 0 bridgehead atoms. The Morgan fingerprint density at radius 3 is 1.50 bits per heavy atom. The van der Waals surface area contributed by atoms with Crippen molar-refractivity contribution >= 4 is 30.6 Å². The molecule has 5 nitrogen and oxygen atoms in total. The van der Waals surface area contributed by atoms with Crippen molar-refractivity contribution in [2.75, 3.05) is 11.9 Å². The Kier molecular flexibility index (Phi) is 8.91. The second-order valence-corrected chi connectivity index (χ2v) is 8.80. The van der Waals surface area contributed by atoms with Gasteiger partial charge in [0, 0.05) is 11.1 Å². The average molecular weight is 386 g/mol. The molecule has 0 aliphatic carbocycles. The quantitative estimate of drug-likeness (QED) is 0.463. The van der Waals surface area contributed by atoms with Crippen LogP contribution in [0.25, 0.3) is 0 Å². The monoisotopic (exact) mass is 386 g/mol. The molecule has 2 rings (SSSR count). The van der Waals surface area contributed by atoms with Crippen LogP contribution in [-0.4, -0.2) is 21.0 Å². The van der Waals surface area contributed by atoms with Gasteiger partial charge in [0.05, 0.1) is 0 Å². The normalized spacial score (nSPS) is 14.9. The molecule has 2 aromatic rings. The summed E-state index contributed by atoms with van der Waals surface area (Å²) in [4.78, 5) is 0. The van der Waals surface area contributed by atoms with Crippen LogP contribution in [0.2, 0.25) is 0 Å². The molecule has 2 aromatic carbocycles. The van der Waals surface area contributed by atoms with Gasteiger partial charge in [-0.15, -0.1) is 0 Å². The largest absolute Gasteiger partial charge is 0.614 e. The van der Waals surface area contributed by atoms with Crippen LogP contribution in [0.1, 0.15) is 11.1 Å². The topological polar surface area (TPSA) is 81.7 Å². The van der Waals surface area contributed by atoms with Crippen molar-refractivity contribution in [2.45, 2.75) is 11.5 Å². The van der Waals surface area contributed by atoms with Crippen molar-refractivity contribution in [3.05, 3.63) is 71.8 Å². The van der Waals surface area contributed by atoms with E-state index in [1.54, 1.807) is 0 Å². The molecule has 8 heteroatoms. The average Bonchev–Trinajstić information content (AvgIpc) is 2.60. The smallest absolute Gasteiger partial charge is 0.326 e. The highest BCUT2D eigenvalue weighted by Crippen LogP contribution is 2.26. The van der Waals surface area contributed by atoms with Crippen LogP contribution in [-0.2, 0) is 47.5 Å². The minimum absolute atomic E-state index is 0.169. The van der Waals surface area contributed by atoms with Crippen LogP contribution in [0, 0.1) is 0 Å². The maximum absolute atomic E-state index is 11.8. The molecule has 0 aromatic heterocycles. The second-order valence-electron chi connectivity index (χ2n) is 4.91. The third kappa shape index (κ3) is 7.85. The van der Waals surface area contributed by atoms with Crippen molar-refractivity contribution < 1.29 is 22.7 Å². The molecule has 0 fully saturated rings. The van der Waals surface area contributed by atoms with Crippen molar-refractivity contribution in [1.29, 1.82) is 0 Å². The third-order valence-corrected chi connectivity index (χ3v) is 6.21. The predicted molar refractivity (Wildman–Crippen MR) is 97.5 cm³/mol. The first-order valence-electron chi connectivity index (χ1n) is 7.21. The van der Waals surface area contributed by atoms with Gasteiger partial charge in [0.15, 0.2) is 0 Å². The molecule has 2 unspecified atom stereocenters. The van der Waals surface area contributed by atoms with Gasteiger partial charge in [-0.1, -0.05) is 60.7 Å². The summed E-state index contributed by atoms with van der Waals surface area (Å²) in [6.07, 6.45) is 0. The molecule has 0 saturated carbocycles. The van der Waals surface area contributed by atoms with Gasteiger partial charge in [0.2, 0.25) is 11.9 Å². The second kappa shape index (κ2) is 10.9. The summed E-state index contributed by atoms with van der Waals surface area (Å²) in [5, 5.41) is 0. The molecule has 0 aliphatic heterocycles. The van der Waals surface area contributed by atoms with Crippen LogP contribution in [0.5, 0.6) is 0 Å². The van der Waals surface area contributed by atoms with Gasteiger partial charge in [0.25, 0.3) is 0 Å². The van der Waals surface area contributed by atoms with E-state index in [0.717, 1.165) is 11.1 Å². The lowest BCUT2D eigenvalue weighted by Gasteiger charge is -2.13. The van der Waals surface area contributed by atoms with Crippen LogP contribution in [0.4, 0.5) is 0 Å². The molecule has 0 N–H and O–H groups in total. The Morgan fingerprint density at radius 2 is 1.12 bits per heavy atom. The van der Waals surface area contributed by atoms with Gasteiger partial charge in [-0.3, -0.25) is 13.6 Å². The van der Waals surface area contributed by atoms with Gasteiger partial charge in [-0.2, -0.15) is 0 Å². The lowest BCUT2D eigenvalue weighted by atomic mass is 10.2. The first kappa shape index (κ1) is 19.5. The van der Waals surface area contributed by atoms with Gasteiger partial charge in [-0.25, -0.2) is 0 Å². The van der Waals surface area contributed by atoms with E-state index < -0.39 is 30.6 Å². The highest BCUT2D eigenvalue weighted by atomic mass is 32.2. The summed E-state index contributed by atoms with van der Waals surface area (Å²) in [6, 6.07) is 18.7. The number of benzene rings is 2. The minimum atomic E-state index is -2.80. The van der Waals surface area contributed by atoms with Crippen LogP contribution < -0.4 is 0 Å². The standard InChI is InChI=1S/C16H19O5PS2/c17-22(20-13-23(18)11-15-7-3-1-4-8-15)21-14-24(19)12-16-9-5-2-6-10-16/h1-10,22H,11-14H2. The SMILES string of the molecule is O=[PH](OC[S+]([O-])Cc1ccccc1)OC[S+]([O-])Cc1ccccc1. The maximum Gasteiger partial charge on any atom is 0.326 e. The Morgan fingerprint density at radius 1 is 0.750 bits per heavy atom. The number of rotatable bonds is 10. The van der Waals surface area contributed by atoms with Crippen molar-refractivity contribution in [3.8, 4) is 0 Å². The summed E-state index contributed by atoms with van der Waals surface area (Å²) >= 11 is -2.58. The molecular formula is C16H19O5PS2. The van der Waals surface area contributed by atoms with Gasteiger partial charge >= 0.3 is 8.25 Å². The fourth-order valence-corrected chi connectivity index (χ4v) is 5.07. The Hall–Kier alpha value is -0.790. The highest BCUT2D eigenvalue weighted by Gasteiger charge is 2.14. The minimum Gasteiger partial charge on any atom is -0.614 e. The molecule has 0 radical (unpaired) electrons. The highest BCUT2D eigenvalue weighted by molar-refractivity contribution is 7.90. The first-order valence-corrected chi connectivity index (χ1v) is 11.4. The lowest BCUT2D eigenvalue weighted by Crippen LogP contribution is -2.12. The third-order valence-electron chi connectivity index (χ3n) is 2.96. The van der Waals surface area contributed by atoms with Crippen LogP contribution in [0.3, 0.4) is 0 Å². The fraction of sp³-hybridized carbons (Fsp3) is 0.250. The maximum atomic E-state index is 11.8. The van der Waals surface area contributed by atoms with E-state index in [2.05, 4.69) is 0 Å².